The predicted octanol–water partition coefficient (Wildman–Crippen LogP) is 1.93. The number of hydrogen-bond acceptors (Lipinski definition) is 8. The normalized spacial score (nSPS) is 18.2. The Balaban J connectivity index is 1.90. The molecular weight excluding hydrogens is 392 g/mol. The summed E-state index contributed by atoms with van der Waals surface area (Å²) in [5, 5.41) is 8.57. The van der Waals surface area contributed by atoms with Crippen LogP contribution in [0.2, 0.25) is 0 Å². The van der Waals surface area contributed by atoms with E-state index in [1.165, 1.54) is 16.4 Å². The Kier molecular flexibility index (Phi) is 5.90. The van der Waals surface area contributed by atoms with Crippen molar-refractivity contribution < 1.29 is 22.7 Å². The maximum atomic E-state index is 12.0. The molecule has 146 valence electrons. The fourth-order valence-corrected chi connectivity index (χ4v) is 6.08. The van der Waals surface area contributed by atoms with Gasteiger partial charge in [-0.3, -0.25) is 0 Å². The number of ether oxygens (including phenoxy) is 2. The summed E-state index contributed by atoms with van der Waals surface area (Å²) in [7, 11) is -1.44. The van der Waals surface area contributed by atoms with Crippen molar-refractivity contribution in [3.05, 3.63) is 24.3 Å². The Morgan fingerprint density at radius 2 is 2.07 bits per heavy atom. The molecule has 3 rings (SSSR count). The molecule has 0 aliphatic carbocycles. The van der Waals surface area contributed by atoms with E-state index in [2.05, 4.69) is 15.6 Å². The molecule has 0 radical (unpaired) electrons. The maximum absolute atomic E-state index is 12.0. The SMILES string of the molecule is CCOC(=O)Nn1c(SC2CCS(=O)(=O)C2)nnc1-c1ccc(OC)cc1. The third-order valence-electron chi connectivity index (χ3n) is 3.92. The van der Waals surface area contributed by atoms with Crippen LogP contribution in [0.4, 0.5) is 4.79 Å². The number of aromatic nitrogens is 3. The van der Waals surface area contributed by atoms with Gasteiger partial charge in [0.1, 0.15) is 5.75 Å². The monoisotopic (exact) mass is 412 g/mol. The standard InChI is InChI=1S/C16H20N4O5S2/c1-3-25-16(21)19-20-14(11-4-6-12(24-2)7-5-11)17-18-15(20)26-13-8-9-27(22,23)10-13/h4-7,13H,3,8-10H2,1-2H3,(H,19,21). The number of rotatable bonds is 6. The number of amides is 1. The van der Waals surface area contributed by atoms with Crippen molar-refractivity contribution in [2.24, 2.45) is 0 Å². The van der Waals surface area contributed by atoms with Gasteiger partial charge in [-0.25, -0.2) is 23.3 Å². The number of nitrogens with one attached hydrogen (secondary N) is 1. The van der Waals surface area contributed by atoms with E-state index in [1.54, 1.807) is 38.3 Å². The molecule has 1 aromatic carbocycles. The minimum Gasteiger partial charge on any atom is -0.497 e. The molecule has 1 fully saturated rings. The Morgan fingerprint density at radius 1 is 1.33 bits per heavy atom. The average Bonchev–Trinajstić information content (AvgIpc) is 3.18. The summed E-state index contributed by atoms with van der Waals surface area (Å²) in [4.78, 5) is 12.0. The van der Waals surface area contributed by atoms with Crippen LogP contribution in [0, 0.1) is 0 Å². The van der Waals surface area contributed by atoms with Gasteiger partial charge >= 0.3 is 6.09 Å². The largest absolute Gasteiger partial charge is 0.497 e. The number of thioether (sulfide) groups is 1. The predicted molar refractivity (Wildman–Crippen MR) is 101 cm³/mol. The molecule has 1 N–H and O–H groups in total. The molecule has 0 bridgehead atoms. The second-order valence-electron chi connectivity index (χ2n) is 5.85. The third kappa shape index (κ3) is 4.72. The van der Waals surface area contributed by atoms with E-state index < -0.39 is 15.9 Å². The molecule has 1 amide bonds. The Bertz CT molecular complexity index is 911. The van der Waals surface area contributed by atoms with Gasteiger partial charge in [-0.05, 0) is 37.6 Å². The fraction of sp³-hybridized carbons (Fsp3) is 0.438. The van der Waals surface area contributed by atoms with Crippen LogP contribution in [0.1, 0.15) is 13.3 Å². The van der Waals surface area contributed by atoms with Crippen molar-refractivity contribution >= 4 is 27.7 Å². The lowest BCUT2D eigenvalue weighted by atomic mass is 10.2. The summed E-state index contributed by atoms with van der Waals surface area (Å²) in [5.74, 6) is 1.35. The number of methoxy groups -OCH3 is 1. The summed E-state index contributed by atoms with van der Waals surface area (Å²) >= 11 is 1.28. The van der Waals surface area contributed by atoms with E-state index in [0.717, 1.165) is 0 Å². The Hall–Kier alpha value is -2.27. The van der Waals surface area contributed by atoms with E-state index in [4.69, 9.17) is 9.47 Å². The zero-order valence-electron chi connectivity index (χ0n) is 14.9. The van der Waals surface area contributed by atoms with Gasteiger partial charge < -0.3 is 9.47 Å². The van der Waals surface area contributed by atoms with Crippen LogP contribution in [0.5, 0.6) is 5.75 Å². The molecule has 0 spiro atoms. The molecular formula is C16H20N4O5S2. The van der Waals surface area contributed by atoms with Crippen molar-refractivity contribution in [1.82, 2.24) is 14.9 Å². The van der Waals surface area contributed by atoms with Gasteiger partial charge in [-0.1, -0.05) is 11.8 Å². The lowest BCUT2D eigenvalue weighted by Crippen LogP contribution is -2.25. The van der Waals surface area contributed by atoms with Crippen molar-refractivity contribution in [2.75, 3.05) is 30.6 Å². The zero-order valence-corrected chi connectivity index (χ0v) is 16.5. The van der Waals surface area contributed by atoms with Crippen molar-refractivity contribution in [3.63, 3.8) is 0 Å². The number of carbonyl (C=O) groups is 1. The van der Waals surface area contributed by atoms with Crippen LogP contribution in [-0.2, 0) is 14.6 Å². The summed E-state index contributed by atoms with van der Waals surface area (Å²) < 4.78 is 34.9. The molecule has 9 nitrogen and oxygen atoms in total. The highest BCUT2D eigenvalue weighted by Gasteiger charge is 2.31. The maximum Gasteiger partial charge on any atom is 0.426 e. The Labute approximate surface area is 161 Å². The highest BCUT2D eigenvalue weighted by molar-refractivity contribution is 8.01. The van der Waals surface area contributed by atoms with Crippen molar-refractivity contribution in [1.29, 1.82) is 0 Å². The van der Waals surface area contributed by atoms with Crippen molar-refractivity contribution in [3.8, 4) is 17.1 Å². The van der Waals surface area contributed by atoms with E-state index >= 15 is 0 Å². The van der Waals surface area contributed by atoms with Crippen LogP contribution in [0.15, 0.2) is 29.4 Å². The molecule has 27 heavy (non-hydrogen) atoms. The highest BCUT2D eigenvalue weighted by Crippen LogP contribution is 2.31. The number of hydrogen-bond donors (Lipinski definition) is 1. The molecule has 2 aromatic rings. The average molecular weight is 412 g/mol. The first kappa shape index (κ1) is 19.5. The van der Waals surface area contributed by atoms with Gasteiger partial charge in [0.05, 0.1) is 25.2 Å². The molecule has 2 heterocycles. The van der Waals surface area contributed by atoms with Crippen molar-refractivity contribution in [2.45, 2.75) is 23.8 Å². The smallest absolute Gasteiger partial charge is 0.426 e. The van der Waals surface area contributed by atoms with Gasteiger partial charge in [0.25, 0.3) is 0 Å². The molecule has 11 heteroatoms. The number of sulfone groups is 1. The number of nitrogens with zero attached hydrogens (tertiary/aromatic N) is 3. The second-order valence-corrected chi connectivity index (χ2v) is 9.34. The quantitative estimate of drug-likeness (QED) is 0.766. The molecule has 1 unspecified atom stereocenters. The highest BCUT2D eigenvalue weighted by atomic mass is 32.2. The molecule has 0 saturated carbocycles. The minimum atomic E-state index is -3.02. The van der Waals surface area contributed by atoms with Crippen LogP contribution < -0.4 is 10.2 Å². The van der Waals surface area contributed by atoms with E-state index in [0.29, 0.717) is 28.7 Å². The first-order valence-electron chi connectivity index (χ1n) is 8.32. The lowest BCUT2D eigenvalue weighted by Gasteiger charge is -2.13. The lowest BCUT2D eigenvalue weighted by molar-refractivity contribution is 0.164. The second kappa shape index (κ2) is 8.17. The summed E-state index contributed by atoms with van der Waals surface area (Å²) in [6.07, 6.45) is -0.107. The van der Waals surface area contributed by atoms with Gasteiger partial charge in [0, 0.05) is 10.8 Å². The fourth-order valence-electron chi connectivity index (χ4n) is 2.63. The first-order valence-corrected chi connectivity index (χ1v) is 11.0. The van der Waals surface area contributed by atoms with Crippen LogP contribution in [0.3, 0.4) is 0 Å². The topological polar surface area (TPSA) is 112 Å². The van der Waals surface area contributed by atoms with Crippen LogP contribution >= 0.6 is 11.8 Å². The molecule has 1 aromatic heterocycles. The van der Waals surface area contributed by atoms with Crippen LogP contribution in [-0.4, -0.2) is 59.9 Å². The minimum absolute atomic E-state index is 0.0851. The van der Waals surface area contributed by atoms with Gasteiger partial charge in [0.2, 0.25) is 5.16 Å². The molecule has 1 aliphatic rings. The molecule has 1 aliphatic heterocycles. The van der Waals surface area contributed by atoms with E-state index in [-0.39, 0.29) is 23.4 Å². The summed E-state index contributed by atoms with van der Waals surface area (Å²) in [6, 6.07) is 7.13. The van der Waals surface area contributed by atoms with E-state index in [9.17, 15) is 13.2 Å². The van der Waals surface area contributed by atoms with E-state index in [1.807, 2.05) is 0 Å². The van der Waals surface area contributed by atoms with Crippen LogP contribution in [0.25, 0.3) is 11.4 Å². The number of benzene rings is 1. The molecule has 1 atom stereocenters. The van der Waals surface area contributed by atoms with Gasteiger partial charge in [-0.2, -0.15) is 0 Å². The van der Waals surface area contributed by atoms with Gasteiger partial charge in [0.15, 0.2) is 15.7 Å². The third-order valence-corrected chi connectivity index (χ3v) is 7.11. The number of carbonyl (C=O) groups excluding carboxylic acids is 1. The zero-order chi connectivity index (χ0) is 19.4. The summed E-state index contributed by atoms with van der Waals surface area (Å²) in [5.41, 5.74) is 3.32. The van der Waals surface area contributed by atoms with Gasteiger partial charge in [-0.15, -0.1) is 10.2 Å². The summed E-state index contributed by atoms with van der Waals surface area (Å²) in [6.45, 7) is 1.92. The first-order chi connectivity index (χ1) is 12.9. The Morgan fingerprint density at radius 3 is 2.67 bits per heavy atom. The molecule has 1 saturated heterocycles.